The van der Waals surface area contributed by atoms with Gasteiger partial charge in [0.25, 0.3) is 0 Å². The van der Waals surface area contributed by atoms with Crippen molar-refractivity contribution in [1.82, 2.24) is 0 Å². The number of aliphatic hydroxyl groups is 2. The van der Waals surface area contributed by atoms with Crippen LogP contribution in [0.3, 0.4) is 0 Å². The van der Waals surface area contributed by atoms with Crippen molar-refractivity contribution in [2.75, 3.05) is 0 Å². The van der Waals surface area contributed by atoms with Crippen molar-refractivity contribution in [3.05, 3.63) is 12.2 Å². The molecule has 5 fully saturated rings. The van der Waals surface area contributed by atoms with Gasteiger partial charge in [-0.15, -0.1) is 0 Å². The molecule has 0 radical (unpaired) electrons. The van der Waals surface area contributed by atoms with Crippen LogP contribution in [0.25, 0.3) is 0 Å². The number of fused-ring (bicyclic) bond motifs is 7. The van der Waals surface area contributed by atoms with E-state index in [9.17, 15) is 10.2 Å². The third-order valence-electron chi connectivity index (χ3n) is 13.5. The summed E-state index contributed by atoms with van der Waals surface area (Å²) in [5.41, 5.74) is 2.36. The molecule has 0 aliphatic heterocycles. The summed E-state index contributed by atoms with van der Waals surface area (Å²) in [7, 11) is 0. The van der Waals surface area contributed by atoms with Gasteiger partial charge in [0, 0.05) is 0 Å². The highest BCUT2D eigenvalue weighted by molar-refractivity contribution is 5.22. The Balaban J connectivity index is 1.58. The fourth-order valence-corrected chi connectivity index (χ4v) is 11.4. The molecule has 2 heteroatoms. The van der Waals surface area contributed by atoms with Gasteiger partial charge in [0.15, 0.2) is 0 Å². The van der Waals surface area contributed by atoms with Gasteiger partial charge in [-0.05, 0) is 121 Å². The number of hydrogen-bond acceptors (Lipinski definition) is 2. The maximum absolute atomic E-state index is 12.0. The Morgan fingerprint density at radius 1 is 0.750 bits per heavy atom. The van der Waals surface area contributed by atoms with Crippen LogP contribution < -0.4 is 0 Å². The molecule has 2 nitrogen and oxygen atoms in total. The molecule has 11 atom stereocenters. The highest BCUT2D eigenvalue weighted by Crippen LogP contribution is 2.77. The van der Waals surface area contributed by atoms with Gasteiger partial charge < -0.3 is 10.2 Å². The molecule has 0 aromatic rings. The van der Waals surface area contributed by atoms with E-state index in [4.69, 9.17) is 0 Å². The molecule has 0 aromatic heterocycles. The van der Waals surface area contributed by atoms with Crippen molar-refractivity contribution >= 4 is 0 Å². The van der Waals surface area contributed by atoms with Crippen molar-refractivity contribution in [1.29, 1.82) is 0 Å². The van der Waals surface area contributed by atoms with E-state index in [1.165, 1.54) is 44.1 Å². The second-order valence-electron chi connectivity index (χ2n) is 14.9. The monoisotopic (exact) mass is 442 g/mol. The molecule has 5 aliphatic rings. The van der Waals surface area contributed by atoms with Gasteiger partial charge >= 0.3 is 0 Å². The molecule has 0 spiro atoms. The smallest absolute Gasteiger partial charge is 0.0594 e. The van der Waals surface area contributed by atoms with E-state index in [1.54, 1.807) is 0 Å². The average Bonchev–Trinajstić information content (AvgIpc) is 3.05. The standard InChI is InChI=1S/C30H50O2/c1-18(2)19-9-12-27(5)15-16-30(8)25(24(19)27)20(31)17-22-28(6)13-11-23(32)26(3,4)21(28)10-14-29(22,30)7/h19-25,31-32H,1,9-17H2,2-8H3/t19-,20?,21-,22+,23-,24+,25+,27+,28-,29+,30+/m0/s1. The van der Waals surface area contributed by atoms with Gasteiger partial charge in [0.05, 0.1) is 12.2 Å². The van der Waals surface area contributed by atoms with E-state index < -0.39 is 0 Å². The van der Waals surface area contributed by atoms with E-state index in [0.717, 1.165) is 19.3 Å². The first-order valence-electron chi connectivity index (χ1n) is 13.7. The van der Waals surface area contributed by atoms with Crippen molar-refractivity contribution in [3.8, 4) is 0 Å². The maximum atomic E-state index is 12.0. The van der Waals surface area contributed by atoms with Crippen molar-refractivity contribution < 1.29 is 10.2 Å². The Kier molecular flexibility index (Phi) is 5.02. The third-order valence-corrected chi connectivity index (χ3v) is 13.5. The quantitative estimate of drug-likeness (QED) is 0.429. The van der Waals surface area contributed by atoms with Crippen LogP contribution in [0.1, 0.15) is 106 Å². The Hall–Kier alpha value is -0.340. The van der Waals surface area contributed by atoms with E-state index >= 15 is 0 Å². The summed E-state index contributed by atoms with van der Waals surface area (Å²) in [6.45, 7) is 21.6. The summed E-state index contributed by atoms with van der Waals surface area (Å²) >= 11 is 0. The second kappa shape index (κ2) is 6.87. The summed E-state index contributed by atoms with van der Waals surface area (Å²) < 4.78 is 0. The van der Waals surface area contributed by atoms with E-state index in [2.05, 4.69) is 55.0 Å². The molecule has 5 saturated carbocycles. The number of rotatable bonds is 1. The molecular weight excluding hydrogens is 392 g/mol. The Morgan fingerprint density at radius 2 is 1.44 bits per heavy atom. The summed E-state index contributed by atoms with van der Waals surface area (Å²) in [5.74, 6) is 2.66. The number of hydrogen-bond donors (Lipinski definition) is 2. The minimum atomic E-state index is -0.201. The Bertz CT molecular complexity index is 801. The zero-order chi connectivity index (χ0) is 23.5. The lowest BCUT2D eigenvalue weighted by atomic mass is 9.32. The normalized spacial score (nSPS) is 58.8. The summed E-state index contributed by atoms with van der Waals surface area (Å²) in [6.07, 6.45) is 10.3. The van der Waals surface area contributed by atoms with Crippen LogP contribution in [-0.2, 0) is 0 Å². The molecule has 0 heterocycles. The van der Waals surface area contributed by atoms with Gasteiger partial charge in [-0.3, -0.25) is 0 Å². The first kappa shape index (κ1) is 23.4. The van der Waals surface area contributed by atoms with Crippen molar-refractivity contribution in [2.45, 2.75) is 118 Å². The first-order chi connectivity index (χ1) is 14.7. The van der Waals surface area contributed by atoms with Gasteiger partial charge in [0.1, 0.15) is 0 Å². The van der Waals surface area contributed by atoms with Crippen LogP contribution >= 0.6 is 0 Å². The molecule has 0 bridgehead atoms. The van der Waals surface area contributed by atoms with Gasteiger partial charge in [-0.25, -0.2) is 0 Å². The molecule has 0 amide bonds. The average molecular weight is 443 g/mol. The van der Waals surface area contributed by atoms with Crippen molar-refractivity contribution in [3.63, 3.8) is 0 Å². The van der Waals surface area contributed by atoms with E-state index in [0.29, 0.717) is 35.0 Å². The zero-order valence-corrected chi connectivity index (χ0v) is 22.0. The Labute approximate surface area is 197 Å². The number of aliphatic hydroxyl groups excluding tert-OH is 2. The molecule has 2 N–H and O–H groups in total. The van der Waals surface area contributed by atoms with Crippen LogP contribution in [-0.4, -0.2) is 22.4 Å². The van der Waals surface area contributed by atoms with E-state index in [1.807, 2.05) is 0 Å². The van der Waals surface area contributed by atoms with Crippen LogP contribution in [0, 0.1) is 56.7 Å². The van der Waals surface area contributed by atoms with Gasteiger partial charge in [-0.2, -0.15) is 0 Å². The van der Waals surface area contributed by atoms with Gasteiger partial charge in [-0.1, -0.05) is 53.7 Å². The summed E-state index contributed by atoms with van der Waals surface area (Å²) in [4.78, 5) is 0. The largest absolute Gasteiger partial charge is 0.393 e. The van der Waals surface area contributed by atoms with E-state index in [-0.39, 0.29) is 33.9 Å². The molecular formula is C30H50O2. The SMILES string of the molecule is C=C(C)[C@@H]1CC[C@]2(C)CC[C@]3(C)[C@H](C(O)C[C@@H]4[C@@]5(C)CC[C@H](O)C(C)(C)[C@@H]5CC[C@]43C)[C@@H]12. The highest BCUT2D eigenvalue weighted by Gasteiger charge is 2.72. The second-order valence-corrected chi connectivity index (χ2v) is 14.9. The third kappa shape index (κ3) is 2.66. The predicted octanol–water partition coefficient (Wildman–Crippen LogP) is 7.00. The lowest BCUT2D eigenvalue weighted by Crippen LogP contribution is -2.69. The fourth-order valence-electron chi connectivity index (χ4n) is 11.4. The molecule has 1 unspecified atom stereocenters. The molecule has 0 aromatic carbocycles. The molecule has 32 heavy (non-hydrogen) atoms. The lowest BCUT2D eigenvalue weighted by molar-refractivity contribution is -0.270. The van der Waals surface area contributed by atoms with Crippen LogP contribution in [0.15, 0.2) is 12.2 Å². The van der Waals surface area contributed by atoms with Crippen LogP contribution in [0.2, 0.25) is 0 Å². The summed E-state index contributed by atoms with van der Waals surface area (Å²) in [5, 5.41) is 22.9. The molecule has 182 valence electrons. The van der Waals surface area contributed by atoms with Gasteiger partial charge in [0.2, 0.25) is 0 Å². The molecule has 5 aliphatic carbocycles. The fraction of sp³-hybridized carbons (Fsp3) is 0.933. The predicted molar refractivity (Wildman–Crippen MR) is 132 cm³/mol. The zero-order valence-electron chi connectivity index (χ0n) is 22.0. The summed E-state index contributed by atoms with van der Waals surface area (Å²) in [6, 6.07) is 0. The molecule has 5 rings (SSSR count). The lowest BCUT2D eigenvalue weighted by Gasteiger charge is -2.73. The minimum Gasteiger partial charge on any atom is -0.393 e. The van der Waals surface area contributed by atoms with Crippen LogP contribution in [0.5, 0.6) is 0 Å². The Morgan fingerprint density at radius 3 is 2.09 bits per heavy atom. The van der Waals surface area contributed by atoms with Crippen LogP contribution in [0.4, 0.5) is 0 Å². The minimum absolute atomic E-state index is 0.0291. The number of allylic oxidation sites excluding steroid dienone is 1. The topological polar surface area (TPSA) is 40.5 Å². The maximum Gasteiger partial charge on any atom is 0.0594 e. The van der Waals surface area contributed by atoms with Crippen molar-refractivity contribution in [2.24, 2.45) is 56.7 Å². The molecule has 0 saturated heterocycles. The first-order valence-corrected chi connectivity index (χ1v) is 13.7. The highest BCUT2D eigenvalue weighted by atomic mass is 16.3.